The van der Waals surface area contributed by atoms with Crippen LogP contribution in [0.15, 0.2) is 30.3 Å². The van der Waals surface area contributed by atoms with E-state index in [-0.39, 0.29) is 6.04 Å². The van der Waals surface area contributed by atoms with Crippen molar-refractivity contribution in [3.8, 4) is 0 Å². The average Bonchev–Trinajstić information content (AvgIpc) is 2.86. The van der Waals surface area contributed by atoms with E-state index in [1.165, 1.54) is 16.8 Å². The van der Waals surface area contributed by atoms with Gasteiger partial charge in [0, 0.05) is 45.5 Å². The number of nitrogens with zero attached hydrogens (tertiary/aromatic N) is 1. The van der Waals surface area contributed by atoms with E-state index in [9.17, 15) is 0 Å². The Kier molecular flexibility index (Phi) is 4.47. The van der Waals surface area contributed by atoms with Gasteiger partial charge in [-0.05, 0) is 54.8 Å². The summed E-state index contributed by atoms with van der Waals surface area (Å²) in [7, 11) is 0. The van der Waals surface area contributed by atoms with E-state index in [1.54, 1.807) is 0 Å². The molecule has 4 nitrogen and oxygen atoms in total. The Morgan fingerprint density at radius 1 is 1.22 bits per heavy atom. The maximum Gasteiger partial charge on any atom is 0.0738 e. The molecule has 0 amide bonds. The Morgan fingerprint density at radius 2 is 2.04 bits per heavy atom. The minimum atomic E-state index is 0.208. The molecule has 0 aromatic heterocycles. The van der Waals surface area contributed by atoms with E-state index < -0.39 is 0 Å². The summed E-state index contributed by atoms with van der Waals surface area (Å²) in [6.45, 7) is 3.30. The lowest BCUT2D eigenvalue weighted by atomic mass is 9.89. The molecule has 0 bridgehead atoms. The Balaban J connectivity index is 1.60. The molecule has 3 aliphatic heterocycles. The van der Waals surface area contributed by atoms with Crippen LogP contribution in [-0.2, 0) is 17.8 Å². The van der Waals surface area contributed by atoms with Crippen molar-refractivity contribution in [2.75, 3.05) is 30.3 Å². The van der Waals surface area contributed by atoms with Crippen LogP contribution in [-0.4, -0.2) is 31.8 Å². The molecule has 2 aromatic rings. The first-order valence-electron chi connectivity index (χ1n) is 9.55. The predicted octanol–water partition coefficient (Wildman–Crippen LogP) is 3.98. The maximum atomic E-state index is 6.48. The summed E-state index contributed by atoms with van der Waals surface area (Å²) in [5.74, 6) is 0.471. The molecule has 3 unspecified atom stereocenters. The van der Waals surface area contributed by atoms with Gasteiger partial charge in [-0.3, -0.25) is 0 Å². The molecule has 3 heterocycles. The average molecular weight is 404 g/mol. The maximum absolute atomic E-state index is 6.48. The third-order valence-corrected chi connectivity index (χ3v) is 6.87. The summed E-state index contributed by atoms with van der Waals surface area (Å²) in [6, 6.07) is 10.6. The molecule has 6 heteroatoms. The summed E-state index contributed by atoms with van der Waals surface area (Å²) < 4.78 is 6.08. The lowest BCUT2D eigenvalue weighted by Crippen LogP contribution is -2.50. The van der Waals surface area contributed by atoms with E-state index in [0.29, 0.717) is 25.2 Å². The molecule has 0 aliphatic carbocycles. The number of piperidine rings is 1. The van der Waals surface area contributed by atoms with Crippen molar-refractivity contribution >= 4 is 34.6 Å². The Morgan fingerprint density at radius 3 is 2.85 bits per heavy atom. The van der Waals surface area contributed by atoms with Crippen molar-refractivity contribution in [3.63, 3.8) is 0 Å². The predicted molar refractivity (Wildman–Crippen MR) is 111 cm³/mol. The first-order valence-corrected chi connectivity index (χ1v) is 10.3. The third kappa shape index (κ3) is 2.90. The van der Waals surface area contributed by atoms with Gasteiger partial charge < -0.3 is 20.7 Å². The molecule has 1 fully saturated rings. The molecule has 3 atom stereocenters. The standard InChI is InChI=1S/C21H23Cl2N3O/c22-18-2-1-3-19(23)16(18)8-14-11-27-10-12-6-13(24)7-15-17-9-25-5-4-20(17)26(14)21(12)15/h1-3,6-7,14,17,20,25H,4-5,8-11,24H2. The molecule has 0 spiro atoms. The van der Waals surface area contributed by atoms with Crippen LogP contribution in [0.4, 0.5) is 11.4 Å². The molecule has 3 aliphatic rings. The van der Waals surface area contributed by atoms with Gasteiger partial charge in [0.05, 0.1) is 19.3 Å². The highest BCUT2D eigenvalue weighted by Gasteiger charge is 2.45. The Labute approximate surface area is 169 Å². The monoisotopic (exact) mass is 403 g/mol. The number of nitrogens with one attached hydrogen (secondary N) is 1. The Bertz CT molecular complexity index is 868. The van der Waals surface area contributed by atoms with Crippen molar-refractivity contribution in [1.29, 1.82) is 0 Å². The molecule has 3 N–H and O–H groups in total. The smallest absolute Gasteiger partial charge is 0.0738 e. The minimum Gasteiger partial charge on any atom is -0.399 e. The number of nitrogens with two attached hydrogens (primary N) is 1. The SMILES string of the molecule is Nc1cc2c3c(c1)C1CNCCC1N3C(Cc1c(Cl)cccc1Cl)COC2. The van der Waals surface area contributed by atoms with E-state index in [0.717, 1.165) is 47.2 Å². The second-order valence-electron chi connectivity index (χ2n) is 7.77. The zero-order valence-electron chi connectivity index (χ0n) is 15.1. The summed E-state index contributed by atoms with van der Waals surface area (Å²) in [6.07, 6.45) is 1.89. The molecule has 0 saturated carbocycles. The number of hydrogen-bond donors (Lipinski definition) is 2. The fourth-order valence-electron chi connectivity index (χ4n) is 5.07. The Hall–Kier alpha value is -1.46. The van der Waals surface area contributed by atoms with E-state index in [1.807, 2.05) is 18.2 Å². The first-order chi connectivity index (χ1) is 13.1. The molecule has 27 heavy (non-hydrogen) atoms. The second kappa shape index (κ2) is 6.85. The molecular weight excluding hydrogens is 381 g/mol. The quantitative estimate of drug-likeness (QED) is 0.744. The van der Waals surface area contributed by atoms with Gasteiger partial charge in [-0.1, -0.05) is 29.3 Å². The molecule has 1 saturated heterocycles. The summed E-state index contributed by atoms with van der Waals surface area (Å²) in [5, 5.41) is 5.01. The first kappa shape index (κ1) is 17.6. The van der Waals surface area contributed by atoms with Gasteiger partial charge in [-0.25, -0.2) is 0 Å². The highest BCUT2D eigenvalue weighted by Crippen LogP contribution is 2.49. The number of rotatable bonds is 2. The molecule has 5 rings (SSSR count). The minimum absolute atomic E-state index is 0.208. The number of ether oxygens (including phenoxy) is 1. The highest BCUT2D eigenvalue weighted by molar-refractivity contribution is 6.36. The molecule has 0 radical (unpaired) electrons. The third-order valence-electron chi connectivity index (χ3n) is 6.16. The van der Waals surface area contributed by atoms with Crippen LogP contribution < -0.4 is 16.0 Å². The fourth-order valence-corrected chi connectivity index (χ4v) is 5.62. The lowest BCUT2D eigenvalue weighted by molar-refractivity contribution is 0.109. The normalized spacial score (nSPS) is 26.4. The summed E-state index contributed by atoms with van der Waals surface area (Å²) >= 11 is 13.0. The number of anilines is 2. The van der Waals surface area contributed by atoms with Crippen LogP contribution in [0.5, 0.6) is 0 Å². The van der Waals surface area contributed by atoms with Gasteiger partial charge in [-0.2, -0.15) is 0 Å². The van der Waals surface area contributed by atoms with Crippen LogP contribution in [0.2, 0.25) is 10.0 Å². The number of benzene rings is 2. The number of hydrogen-bond acceptors (Lipinski definition) is 4. The molecular formula is C21H23Cl2N3O. The van der Waals surface area contributed by atoms with Crippen LogP contribution in [0.25, 0.3) is 0 Å². The van der Waals surface area contributed by atoms with Crippen LogP contribution in [0, 0.1) is 0 Å². The number of halogens is 2. The van der Waals surface area contributed by atoms with Crippen LogP contribution in [0.1, 0.15) is 29.0 Å². The van der Waals surface area contributed by atoms with E-state index in [4.69, 9.17) is 33.7 Å². The van der Waals surface area contributed by atoms with E-state index >= 15 is 0 Å². The van der Waals surface area contributed by atoms with Gasteiger partial charge >= 0.3 is 0 Å². The molecule has 142 valence electrons. The zero-order valence-corrected chi connectivity index (χ0v) is 16.6. The van der Waals surface area contributed by atoms with Gasteiger partial charge in [-0.15, -0.1) is 0 Å². The highest BCUT2D eigenvalue weighted by atomic mass is 35.5. The number of nitrogen functional groups attached to an aromatic ring is 1. The molecule has 2 aromatic carbocycles. The van der Waals surface area contributed by atoms with Crippen molar-refractivity contribution in [2.45, 2.75) is 37.5 Å². The van der Waals surface area contributed by atoms with Crippen molar-refractivity contribution in [3.05, 3.63) is 57.1 Å². The largest absolute Gasteiger partial charge is 0.399 e. The second-order valence-corrected chi connectivity index (χ2v) is 8.58. The van der Waals surface area contributed by atoms with Crippen molar-refractivity contribution < 1.29 is 4.74 Å². The van der Waals surface area contributed by atoms with Crippen LogP contribution in [0.3, 0.4) is 0 Å². The van der Waals surface area contributed by atoms with Gasteiger partial charge in [0.25, 0.3) is 0 Å². The number of fused-ring (bicyclic) bond motifs is 3. The zero-order chi connectivity index (χ0) is 18.5. The van der Waals surface area contributed by atoms with Gasteiger partial charge in [0.15, 0.2) is 0 Å². The van der Waals surface area contributed by atoms with E-state index in [2.05, 4.69) is 22.3 Å². The summed E-state index contributed by atoms with van der Waals surface area (Å²) in [5.41, 5.74) is 11.9. The fraction of sp³-hybridized carbons (Fsp3) is 0.429. The lowest BCUT2D eigenvalue weighted by Gasteiger charge is -2.39. The van der Waals surface area contributed by atoms with Crippen LogP contribution >= 0.6 is 23.2 Å². The topological polar surface area (TPSA) is 50.5 Å². The summed E-state index contributed by atoms with van der Waals surface area (Å²) in [4.78, 5) is 2.60. The van der Waals surface area contributed by atoms with Crippen molar-refractivity contribution in [2.24, 2.45) is 0 Å². The van der Waals surface area contributed by atoms with Gasteiger partial charge in [0.1, 0.15) is 0 Å². The van der Waals surface area contributed by atoms with Gasteiger partial charge in [0.2, 0.25) is 0 Å². The van der Waals surface area contributed by atoms with Crippen molar-refractivity contribution in [1.82, 2.24) is 5.32 Å².